The first-order valence-corrected chi connectivity index (χ1v) is 7.39. The highest BCUT2D eigenvalue weighted by Gasteiger charge is 2.07. The molecule has 2 N–H and O–H groups in total. The number of nitrogens with two attached hydrogens (primary N) is 1. The highest BCUT2D eigenvalue weighted by molar-refractivity contribution is 8.13. The Morgan fingerprint density at radius 2 is 2.19 bits per heavy atom. The molecule has 21 heavy (non-hydrogen) atoms. The molecule has 0 saturated carbocycles. The fourth-order valence-electron chi connectivity index (χ4n) is 1.75. The first-order chi connectivity index (χ1) is 10.1. The second-order valence-electron chi connectivity index (χ2n) is 4.13. The third kappa shape index (κ3) is 3.95. The van der Waals surface area contributed by atoms with Crippen LogP contribution in [-0.4, -0.2) is 23.0 Å². The molecular weight excluding hydrogens is 289 g/mol. The van der Waals surface area contributed by atoms with Crippen LogP contribution >= 0.6 is 11.8 Å². The van der Waals surface area contributed by atoms with Gasteiger partial charge in [-0.1, -0.05) is 18.7 Å². The third-order valence-corrected chi connectivity index (χ3v) is 3.41. The van der Waals surface area contributed by atoms with Crippen molar-refractivity contribution in [3.8, 4) is 17.0 Å². The van der Waals surface area contributed by atoms with E-state index in [4.69, 9.17) is 10.5 Å². The summed E-state index contributed by atoms with van der Waals surface area (Å²) >= 11 is 1.37. The quantitative estimate of drug-likeness (QED) is 0.692. The van der Waals surface area contributed by atoms with E-state index in [2.05, 4.69) is 9.98 Å². The predicted molar refractivity (Wildman–Crippen MR) is 85.6 cm³/mol. The van der Waals surface area contributed by atoms with E-state index in [0.29, 0.717) is 16.6 Å². The van der Waals surface area contributed by atoms with Gasteiger partial charge in [-0.25, -0.2) is 9.38 Å². The first kappa shape index (κ1) is 15.3. The minimum atomic E-state index is -0.415. The van der Waals surface area contributed by atoms with Crippen molar-refractivity contribution in [3.05, 3.63) is 42.3 Å². The van der Waals surface area contributed by atoms with Crippen molar-refractivity contribution in [3.63, 3.8) is 0 Å². The molecule has 2 rings (SSSR count). The lowest BCUT2D eigenvalue weighted by molar-refractivity contribution is 0.414. The molecule has 4 nitrogen and oxygen atoms in total. The van der Waals surface area contributed by atoms with E-state index < -0.39 is 5.82 Å². The number of methoxy groups -OCH3 is 1. The Morgan fingerprint density at radius 3 is 2.90 bits per heavy atom. The van der Waals surface area contributed by atoms with Gasteiger partial charge in [0.1, 0.15) is 17.3 Å². The summed E-state index contributed by atoms with van der Waals surface area (Å²) in [6.07, 6.45) is 1.64. The molecule has 0 bridgehead atoms. The van der Waals surface area contributed by atoms with Crippen molar-refractivity contribution in [1.82, 2.24) is 4.98 Å². The second kappa shape index (κ2) is 7.08. The number of pyridine rings is 1. The molecule has 0 unspecified atom stereocenters. The second-order valence-corrected chi connectivity index (χ2v) is 5.41. The summed E-state index contributed by atoms with van der Waals surface area (Å²) in [5, 5.41) is 0.340. The van der Waals surface area contributed by atoms with Gasteiger partial charge >= 0.3 is 0 Å². The maximum Gasteiger partial charge on any atom is 0.159 e. The monoisotopic (exact) mass is 305 g/mol. The molecule has 0 amide bonds. The van der Waals surface area contributed by atoms with Crippen LogP contribution in [0.3, 0.4) is 0 Å². The zero-order chi connectivity index (χ0) is 15.2. The van der Waals surface area contributed by atoms with Gasteiger partial charge in [-0.15, -0.1) is 0 Å². The van der Waals surface area contributed by atoms with Gasteiger partial charge in [-0.2, -0.15) is 0 Å². The molecule has 0 spiro atoms. The number of benzene rings is 1. The lowest BCUT2D eigenvalue weighted by Gasteiger charge is -2.06. The topological polar surface area (TPSA) is 60.5 Å². The molecule has 110 valence electrons. The number of nitrogens with zero attached hydrogens (tertiary/aromatic N) is 2. The van der Waals surface area contributed by atoms with E-state index in [1.165, 1.54) is 17.8 Å². The van der Waals surface area contributed by atoms with Gasteiger partial charge in [0.15, 0.2) is 5.17 Å². The van der Waals surface area contributed by atoms with Gasteiger partial charge in [0.25, 0.3) is 0 Å². The normalized spacial score (nSPS) is 11.5. The van der Waals surface area contributed by atoms with Gasteiger partial charge in [0, 0.05) is 17.8 Å². The smallest absolute Gasteiger partial charge is 0.159 e. The maximum atomic E-state index is 13.8. The fraction of sp³-hybridized carbons (Fsp3) is 0.200. The van der Waals surface area contributed by atoms with Crippen molar-refractivity contribution in [2.24, 2.45) is 10.7 Å². The summed E-state index contributed by atoms with van der Waals surface area (Å²) in [7, 11) is 1.59. The lowest BCUT2D eigenvalue weighted by Crippen LogP contribution is -2.06. The fourth-order valence-corrected chi connectivity index (χ4v) is 2.21. The Morgan fingerprint density at radius 1 is 1.38 bits per heavy atom. The van der Waals surface area contributed by atoms with Gasteiger partial charge in [-0.3, -0.25) is 4.98 Å². The third-order valence-electron chi connectivity index (χ3n) is 2.73. The number of aliphatic imine (C=N–C) groups is 1. The van der Waals surface area contributed by atoms with Crippen LogP contribution in [0.15, 0.2) is 41.5 Å². The Balaban J connectivity index is 2.40. The molecule has 1 heterocycles. The Labute approximate surface area is 127 Å². The largest absolute Gasteiger partial charge is 0.497 e. The minimum absolute atomic E-state index is 0.204. The highest BCUT2D eigenvalue weighted by atomic mass is 32.2. The van der Waals surface area contributed by atoms with Crippen LogP contribution in [0.5, 0.6) is 5.75 Å². The molecular formula is C15H16FN3OS. The van der Waals surface area contributed by atoms with E-state index in [-0.39, 0.29) is 5.69 Å². The Hall–Kier alpha value is -2.08. The number of thioether (sulfide) groups is 1. The molecule has 0 saturated heterocycles. The molecule has 6 heteroatoms. The first-order valence-electron chi connectivity index (χ1n) is 6.41. The SMILES string of the molecule is CCSC(N)=Nc1cc(-c2cc(OC)ccn2)ccc1F. The Bertz CT molecular complexity index is 661. The van der Waals surface area contributed by atoms with Gasteiger partial charge < -0.3 is 10.5 Å². The Kier molecular flexibility index (Phi) is 5.16. The molecule has 0 aliphatic carbocycles. The van der Waals surface area contributed by atoms with Gasteiger partial charge in [0.2, 0.25) is 0 Å². The molecule has 0 atom stereocenters. The van der Waals surface area contributed by atoms with E-state index in [1.54, 1.807) is 37.6 Å². The summed E-state index contributed by atoms with van der Waals surface area (Å²) in [6.45, 7) is 1.96. The van der Waals surface area contributed by atoms with E-state index in [1.807, 2.05) is 6.92 Å². The highest BCUT2D eigenvalue weighted by Crippen LogP contribution is 2.27. The van der Waals surface area contributed by atoms with Crippen LogP contribution in [0.2, 0.25) is 0 Å². The average molecular weight is 305 g/mol. The van der Waals surface area contributed by atoms with Crippen molar-refractivity contribution >= 4 is 22.6 Å². The summed E-state index contributed by atoms with van der Waals surface area (Å²) in [6, 6.07) is 8.17. The number of aromatic nitrogens is 1. The van der Waals surface area contributed by atoms with Crippen molar-refractivity contribution < 1.29 is 9.13 Å². The van der Waals surface area contributed by atoms with Gasteiger partial charge in [-0.05, 0) is 30.0 Å². The van der Waals surface area contributed by atoms with Crippen molar-refractivity contribution in [2.45, 2.75) is 6.92 Å². The summed E-state index contributed by atoms with van der Waals surface area (Å²) in [4.78, 5) is 8.36. The summed E-state index contributed by atoms with van der Waals surface area (Å²) < 4.78 is 19.0. The molecule has 2 aromatic rings. The zero-order valence-electron chi connectivity index (χ0n) is 11.8. The zero-order valence-corrected chi connectivity index (χ0v) is 12.7. The van der Waals surface area contributed by atoms with Crippen LogP contribution in [-0.2, 0) is 0 Å². The number of amidine groups is 1. The van der Waals surface area contributed by atoms with Gasteiger partial charge in [0.05, 0.1) is 12.8 Å². The van der Waals surface area contributed by atoms with E-state index in [9.17, 15) is 4.39 Å². The van der Waals surface area contributed by atoms with Crippen LogP contribution < -0.4 is 10.5 Å². The molecule has 0 aliphatic rings. The van der Waals surface area contributed by atoms with Crippen molar-refractivity contribution in [2.75, 3.05) is 12.9 Å². The number of ether oxygens (including phenoxy) is 1. The number of hydrogen-bond donors (Lipinski definition) is 1. The molecule has 0 radical (unpaired) electrons. The standard InChI is InChI=1S/C15H16FN3OS/c1-3-21-15(17)19-14-8-10(4-5-12(14)16)13-9-11(20-2)6-7-18-13/h4-9H,3H2,1-2H3,(H2,17,19). The number of halogens is 1. The molecule has 1 aromatic heterocycles. The lowest BCUT2D eigenvalue weighted by atomic mass is 10.1. The average Bonchev–Trinajstić information content (AvgIpc) is 2.50. The summed E-state index contributed by atoms with van der Waals surface area (Å²) in [5.41, 5.74) is 7.38. The van der Waals surface area contributed by atoms with Crippen LogP contribution in [0.1, 0.15) is 6.92 Å². The van der Waals surface area contributed by atoms with Crippen LogP contribution in [0.4, 0.5) is 10.1 Å². The van der Waals surface area contributed by atoms with Crippen molar-refractivity contribution in [1.29, 1.82) is 0 Å². The number of hydrogen-bond acceptors (Lipinski definition) is 4. The predicted octanol–water partition coefficient (Wildman–Crippen LogP) is 3.60. The van der Waals surface area contributed by atoms with Crippen LogP contribution in [0, 0.1) is 5.82 Å². The van der Waals surface area contributed by atoms with Crippen LogP contribution in [0.25, 0.3) is 11.3 Å². The summed E-state index contributed by atoms with van der Waals surface area (Å²) in [5.74, 6) is 1.06. The molecule has 1 aromatic carbocycles. The molecule has 0 fully saturated rings. The minimum Gasteiger partial charge on any atom is -0.497 e. The maximum absolute atomic E-state index is 13.8. The van der Waals surface area contributed by atoms with E-state index >= 15 is 0 Å². The number of rotatable bonds is 4. The molecule has 0 aliphatic heterocycles. The van der Waals surface area contributed by atoms with E-state index in [0.717, 1.165) is 11.3 Å².